The highest BCUT2D eigenvalue weighted by Gasteiger charge is 2.37. The fourth-order valence-electron chi connectivity index (χ4n) is 3.20. The van der Waals surface area contributed by atoms with Gasteiger partial charge in [0.1, 0.15) is 11.6 Å². The highest BCUT2D eigenvalue weighted by molar-refractivity contribution is 5.79. The van der Waals surface area contributed by atoms with Crippen LogP contribution in [0.5, 0.6) is 11.5 Å². The van der Waals surface area contributed by atoms with Crippen LogP contribution in [-0.4, -0.2) is 61.0 Å². The molecular weight excluding hydrogens is 502 g/mol. The third kappa shape index (κ3) is 12.1. The predicted octanol–water partition coefficient (Wildman–Crippen LogP) is 4.98. The van der Waals surface area contributed by atoms with E-state index in [1.54, 1.807) is 0 Å². The van der Waals surface area contributed by atoms with Gasteiger partial charge in [0.15, 0.2) is 11.5 Å². The first-order valence-corrected chi connectivity index (χ1v) is 12.7. The Bertz CT molecular complexity index is 920. The lowest BCUT2D eigenvalue weighted by Crippen LogP contribution is -2.52. The number of hydrogen-bond acceptors (Lipinski definition) is 11. The minimum Gasteiger partial charge on any atom is -0.480 e. The van der Waals surface area contributed by atoms with Gasteiger partial charge in [-0.3, -0.25) is 4.79 Å². The Labute approximate surface area is 222 Å². The normalized spacial score (nSPS) is 13.0. The van der Waals surface area contributed by atoms with E-state index in [9.17, 15) is 24.3 Å². The van der Waals surface area contributed by atoms with E-state index in [1.165, 1.54) is 25.1 Å². The van der Waals surface area contributed by atoms with E-state index in [4.69, 9.17) is 34.2 Å². The summed E-state index contributed by atoms with van der Waals surface area (Å²) in [5, 5.41) is 9.84. The molecule has 0 aliphatic rings. The molecule has 0 saturated carbocycles. The van der Waals surface area contributed by atoms with Crippen LogP contribution in [0.1, 0.15) is 71.8 Å². The quantitative estimate of drug-likeness (QED) is 0.125. The Balaban J connectivity index is 3.10. The van der Waals surface area contributed by atoms with Crippen LogP contribution in [0.15, 0.2) is 18.2 Å². The van der Waals surface area contributed by atoms with Gasteiger partial charge in [0.05, 0.1) is 19.8 Å². The number of carboxylic acids is 1. The Morgan fingerprint density at radius 2 is 1.39 bits per heavy atom. The second kappa shape index (κ2) is 17.1. The van der Waals surface area contributed by atoms with Gasteiger partial charge < -0.3 is 39.3 Å². The molecule has 214 valence electrons. The molecule has 0 aliphatic carbocycles. The van der Waals surface area contributed by atoms with Crippen LogP contribution in [0, 0.1) is 0 Å². The van der Waals surface area contributed by atoms with Crippen LogP contribution >= 0.6 is 0 Å². The summed E-state index contributed by atoms with van der Waals surface area (Å²) in [4.78, 5) is 48.0. The zero-order valence-electron chi connectivity index (χ0n) is 22.5. The van der Waals surface area contributed by atoms with Gasteiger partial charge in [-0.15, -0.1) is 0 Å². The van der Waals surface area contributed by atoms with Gasteiger partial charge in [0, 0.05) is 12.8 Å². The molecule has 0 saturated heterocycles. The number of benzene rings is 1. The predicted molar refractivity (Wildman–Crippen MR) is 135 cm³/mol. The van der Waals surface area contributed by atoms with E-state index in [0.717, 1.165) is 12.8 Å². The van der Waals surface area contributed by atoms with Crippen molar-refractivity contribution in [3.05, 3.63) is 23.8 Å². The van der Waals surface area contributed by atoms with E-state index < -0.39 is 36.1 Å². The van der Waals surface area contributed by atoms with Crippen molar-refractivity contribution < 1.29 is 52.7 Å². The van der Waals surface area contributed by atoms with Crippen LogP contribution in [0.3, 0.4) is 0 Å². The lowest BCUT2D eigenvalue weighted by Gasteiger charge is -2.28. The fourth-order valence-corrected chi connectivity index (χ4v) is 3.20. The van der Waals surface area contributed by atoms with Crippen molar-refractivity contribution in [3.63, 3.8) is 0 Å². The number of aliphatic carboxylic acids is 1. The van der Waals surface area contributed by atoms with Gasteiger partial charge in [0.2, 0.25) is 0 Å². The summed E-state index contributed by atoms with van der Waals surface area (Å²) in [6.07, 6.45) is -0.784. The fraction of sp³-hybridized carbons (Fsp3) is 0.615. The SMILES string of the molecule is CCCCOC(=O)Oc1ccc(C[C@](N)(C[C@H](C)OC(=O)OCCC)C(=O)O)cc1OC(=O)OCCCC. The molecule has 3 N–H and O–H groups in total. The molecular formula is C26H39NO11. The second-order valence-corrected chi connectivity index (χ2v) is 8.76. The number of unbranched alkanes of at least 4 members (excludes halogenated alkanes) is 2. The van der Waals surface area contributed by atoms with Crippen molar-refractivity contribution in [2.24, 2.45) is 5.73 Å². The van der Waals surface area contributed by atoms with Gasteiger partial charge >= 0.3 is 24.4 Å². The molecule has 2 atom stereocenters. The van der Waals surface area contributed by atoms with Gasteiger partial charge in [-0.2, -0.15) is 0 Å². The van der Waals surface area contributed by atoms with Gasteiger partial charge in [0.25, 0.3) is 0 Å². The van der Waals surface area contributed by atoms with E-state index in [0.29, 0.717) is 24.8 Å². The number of hydrogen-bond donors (Lipinski definition) is 2. The molecule has 0 spiro atoms. The molecule has 1 rings (SSSR count). The summed E-state index contributed by atoms with van der Waals surface area (Å²) >= 11 is 0. The lowest BCUT2D eigenvalue weighted by atomic mass is 9.86. The summed E-state index contributed by atoms with van der Waals surface area (Å²) < 4.78 is 30.4. The standard InChI is InChI=1S/C26H39NO11/c1-5-8-13-34-24(31)37-20-11-10-19(15-21(20)38-25(32)35-14-9-6-2)17-26(27,22(28)29)16-18(4)36-23(30)33-12-7-3/h10-11,15,18H,5-9,12-14,16-17,27H2,1-4H3,(H,28,29)/t18-,26+/m0/s1. The molecule has 38 heavy (non-hydrogen) atoms. The van der Waals surface area contributed by atoms with E-state index in [-0.39, 0.29) is 44.2 Å². The van der Waals surface area contributed by atoms with Crippen LogP contribution in [0.2, 0.25) is 0 Å². The Kier molecular flexibility index (Phi) is 14.6. The maximum atomic E-state index is 12.2. The van der Waals surface area contributed by atoms with Gasteiger partial charge in [-0.1, -0.05) is 39.7 Å². The average Bonchev–Trinajstić information content (AvgIpc) is 2.84. The Morgan fingerprint density at radius 3 is 1.92 bits per heavy atom. The molecule has 0 bridgehead atoms. The summed E-state index contributed by atoms with van der Waals surface area (Å²) in [5.41, 5.74) is 4.69. The molecule has 0 aromatic heterocycles. The van der Waals surface area contributed by atoms with Crippen molar-refractivity contribution >= 4 is 24.4 Å². The van der Waals surface area contributed by atoms with Crippen molar-refractivity contribution in [1.82, 2.24) is 0 Å². The number of carboxylic acid groups (broad SMARTS) is 1. The summed E-state index contributed by atoms with van der Waals surface area (Å²) in [6, 6.07) is 4.12. The first-order chi connectivity index (χ1) is 18.0. The number of ether oxygens (including phenoxy) is 6. The van der Waals surface area contributed by atoms with Crippen molar-refractivity contribution in [3.8, 4) is 11.5 Å². The largest absolute Gasteiger partial charge is 0.513 e. The van der Waals surface area contributed by atoms with Crippen molar-refractivity contribution in [1.29, 1.82) is 0 Å². The van der Waals surface area contributed by atoms with Crippen LogP contribution in [0.4, 0.5) is 14.4 Å². The topological polar surface area (TPSA) is 170 Å². The van der Waals surface area contributed by atoms with Crippen LogP contribution in [-0.2, 0) is 30.2 Å². The molecule has 0 heterocycles. The maximum absolute atomic E-state index is 12.2. The molecule has 0 unspecified atom stereocenters. The zero-order chi connectivity index (χ0) is 28.6. The molecule has 0 amide bonds. The molecule has 0 radical (unpaired) electrons. The monoisotopic (exact) mass is 541 g/mol. The maximum Gasteiger partial charge on any atom is 0.513 e. The summed E-state index contributed by atoms with van der Waals surface area (Å²) in [6.45, 7) is 7.64. The third-order valence-electron chi connectivity index (χ3n) is 5.15. The molecule has 0 aliphatic heterocycles. The second-order valence-electron chi connectivity index (χ2n) is 8.76. The van der Waals surface area contributed by atoms with E-state index >= 15 is 0 Å². The summed E-state index contributed by atoms with van der Waals surface area (Å²) in [5.74, 6) is -1.65. The van der Waals surface area contributed by atoms with Gasteiger partial charge in [-0.25, -0.2) is 14.4 Å². The first-order valence-electron chi connectivity index (χ1n) is 12.7. The number of carbonyl (C=O) groups excluding carboxylic acids is 3. The lowest BCUT2D eigenvalue weighted by molar-refractivity contribution is -0.144. The first kappa shape index (κ1) is 32.5. The van der Waals surface area contributed by atoms with Gasteiger partial charge in [-0.05, 0) is 43.9 Å². The van der Waals surface area contributed by atoms with E-state index in [1.807, 2.05) is 20.8 Å². The number of carbonyl (C=O) groups is 4. The van der Waals surface area contributed by atoms with Crippen molar-refractivity contribution in [2.75, 3.05) is 19.8 Å². The molecule has 0 fully saturated rings. The minimum absolute atomic E-state index is 0.129. The number of nitrogens with two attached hydrogens (primary N) is 1. The zero-order valence-corrected chi connectivity index (χ0v) is 22.5. The van der Waals surface area contributed by atoms with E-state index in [2.05, 4.69) is 0 Å². The highest BCUT2D eigenvalue weighted by Crippen LogP contribution is 2.31. The molecule has 1 aromatic rings. The molecule has 12 nitrogen and oxygen atoms in total. The van der Waals surface area contributed by atoms with Crippen LogP contribution < -0.4 is 15.2 Å². The third-order valence-corrected chi connectivity index (χ3v) is 5.15. The molecule has 1 aromatic carbocycles. The smallest absolute Gasteiger partial charge is 0.480 e. The highest BCUT2D eigenvalue weighted by atomic mass is 16.7. The Morgan fingerprint density at radius 1 is 0.842 bits per heavy atom. The summed E-state index contributed by atoms with van der Waals surface area (Å²) in [7, 11) is 0. The van der Waals surface area contributed by atoms with Crippen molar-refractivity contribution in [2.45, 2.75) is 84.3 Å². The average molecular weight is 542 g/mol. The minimum atomic E-state index is -1.86. The Hall–Kier alpha value is -3.54. The number of rotatable bonds is 16. The molecule has 12 heteroatoms. The van der Waals surface area contributed by atoms with Crippen LogP contribution in [0.25, 0.3) is 0 Å².